The minimum absolute atomic E-state index is 0.0313. The molecule has 0 atom stereocenters. The van der Waals surface area contributed by atoms with Crippen molar-refractivity contribution in [3.05, 3.63) is 53.9 Å². The third-order valence-corrected chi connectivity index (χ3v) is 2.71. The van der Waals surface area contributed by atoms with E-state index in [0.717, 1.165) is 0 Å². The lowest BCUT2D eigenvalue weighted by atomic mass is 10.1. The fourth-order valence-electron chi connectivity index (χ4n) is 1.70. The lowest BCUT2D eigenvalue weighted by Crippen LogP contribution is -2.27. The van der Waals surface area contributed by atoms with Crippen molar-refractivity contribution in [3.63, 3.8) is 0 Å². The Morgan fingerprint density at radius 3 is 2.90 bits per heavy atom. The monoisotopic (exact) mass is 273 g/mol. The molecule has 7 heteroatoms. The molecule has 0 aliphatic carbocycles. The van der Waals surface area contributed by atoms with Crippen LogP contribution in [0.2, 0.25) is 0 Å². The van der Waals surface area contributed by atoms with Gasteiger partial charge in [-0.15, -0.1) is 0 Å². The number of amides is 1. The highest BCUT2D eigenvalue weighted by Gasteiger charge is 2.07. The molecule has 1 heterocycles. The van der Waals surface area contributed by atoms with Gasteiger partial charge in [0.1, 0.15) is 0 Å². The third kappa shape index (κ3) is 3.35. The van der Waals surface area contributed by atoms with E-state index in [4.69, 9.17) is 10.9 Å². The lowest BCUT2D eigenvalue weighted by Gasteiger charge is -2.06. The Bertz CT molecular complexity index is 607. The van der Waals surface area contributed by atoms with Crippen molar-refractivity contribution in [1.29, 1.82) is 0 Å². The first kappa shape index (κ1) is 13.6. The molecule has 4 N–H and O–H groups in total. The van der Waals surface area contributed by atoms with Crippen LogP contribution in [0, 0.1) is 0 Å². The van der Waals surface area contributed by atoms with Gasteiger partial charge in [0.15, 0.2) is 5.84 Å². The van der Waals surface area contributed by atoms with Crippen molar-refractivity contribution < 1.29 is 10.0 Å². The summed E-state index contributed by atoms with van der Waals surface area (Å²) in [5, 5.41) is 18.3. The Kier molecular flexibility index (Phi) is 4.33. The summed E-state index contributed by atoms with van der Waals surface area (Å²) >= 11 is 0. The first-order valence-corrected chi connectivity index (χ1v) is 6.04. The number of oxime groups is 1. The molecular formula is C13H15N5O2. The zero-order valence-electron chi connectivity index (χ0n) is 10.7. The minimum atomic E-state index is -0.218. The zero-order valence-corrected chi connectivity index (χ0v) is 10.7. The van der Waals surface area contributed by atoms with Crippen molar-refractivity contribution >= 4 is 11.7 Å². The molecule has 0 unspecified atom stereocenters. The molecule has 1 amide bonds. The first-order chi connectivity index (χ1) is 9.70. The number of hydrogen-bond acceptors (Lipinski definition) is 4. The van der Waals surface area contributed by atoms with E-state index in [2.05, 4.69) is 15.6 Å². The Morgan fingerprint density at radius 1 is 1.40 bits per heavy atom. The summed E-state index contributed by atoms with van der Waals surface area (Å²) in [6.07, 6.45) is 3.51. The van der Waals surface area contributed by atoms with E-state index in [-0.39, 0.29) is 11.7 Å². The maximum Gasteiger partial charge on any atom is 0.251 e. The van der Waals surface area contributed by atoms with Gasteiger partial charge in [-0.3, -0.25) is 9.48 Å². The topological polar surface area (TPSA) is 106 Å². The van der Waals surface area contributed by atoms with Crippen LogP contribution in [0.4, 0.5) is 0 Å². The van der Waals surface area contributed by atoms with Crippen LogP contribution in [0.25, 0.3) is 0 Å². The van der Waals surface area contributed by atoms with E-state index >= 15 is 0 Å². The second-order valence-electron chi connectivity index (χ2n) is 4.09. The van der Waals surface area contributed by atoms with Crippen LogP contribution >= 0.6 is 0 Å². The predicted molar refractivity (Wildman–Crippen MR) is 73.5 cm³/mol. The highest BCUT2D eigenvalue weighted by Crippen LogP contribution is 2.05. The molecule has 20 heavy (non-hydrogen) atoms. The van der Waals surface area contributed by atoms with E-state index in [1.54, 1.807) is 35.1 Å². The number of benzene rings is 1. The SMILES string of the molecule is NC(=NO)c1cccc(C(=O)NCCn2cccn2)c1. The summed E-state index contributed by atoms with van der Waals surface area (Å²) in [5.41, 5.74) is 6.43. The summed E-state index contributed by atoms with van der Waals surface area (Å²) in [5.74, 6) is -0.249. The summed E-state index contributed by atoms with van der Waals surface area (Å²) in [4.78, 5) is 12.0. The average molecular weight is 273 g/mol. The van der Waals surface area contributed by atoms with Crippen LogP contribution in [0.1, 0.15) is 15.9 Å². The van der Waals surface area contributed by atoms with Crippen molar-refractivity contribution in [2.75, 3.05) is 6.54 Å². The maximum absolute atomic E-state index is 12.0. The standard InChI is InChI=1S/C13H15N5O2/c14-12(17-20)10-3-1-4-11(9-10)13(19)15-6-8-18-7-2-5-16-18/h1-5,7,9,20H,6,8H2,(H2,14,17)(H,15,19). The number of amidine groups is 1. The Balaban J connectivity index is 1.95. The van der Waals surface area contributed by atoms with Crippen LogP contribution in [0.15, 0.2) is 47.9 Å². The molecule has 0 saturated carbocycles. The molecule has 0 spiro atoms. The van der Waals surface area contributed by atoms with Gasteiger partial charge in [0, 0.05) is 30.1 Å². The molecular weight excluding hydrogens is 258 g/mol. The van der Waals surface area contributed by atoms with Gasteiger partial charge in [0.25, 0.3) is 5.91 Å². The van der Waals surface area contributed by atoms with Crippen LogP contribution in [0.5, 0.6) is 0 Å². The van der Waals surface area contributed by atoms with Crippen LogP contribution in [-0.2, 0) is 6.54 Å². The first-order valence-electron chi connectivity index (χ1n) is 6.04. The summed E-state index contributed by atoms with van der Waals surface area (Å²) < 4.78 is 1.73. The molecule has 0 fully saturated rings. The molecule has 0 bridgehead atoms. The van der Waals surface area contributed by atoms with E-state index in [1.165, 1.54) is 0 Å². The molecule has 7 nitrogen and oxygen atoms in total. The average Bonchev–Trinajstić information content (AvgIpc) is 2.99. The van der Waals surface area contributed by atoms with Crippen molar-refractivity contribution in [2.24, 2.45) is 10.9 Å². The van der Waals surface area contributed by atoms with Crippen LogP contribution in [-0.4, -0.2) is 33.3 Å². The minimum Gasteiger partial charge on any atom is -0.409 e. The second kappa shape index (κ2) is 6.37. The van der Waals surface area contributed by atoms with Gasteiger partial charge in [-0.1, -0.05) is 17.3 Å². The normalized spacial score (nSPS) is 11.3. The third-order valence-electron chi connectivity index (χ3n) is 2.71. The quantitative estimate of drug-likeness (QED) is 0.317. The molecule has 0 radical (unpaired) electrons. The number of carbonyl (C=O) groups excluding carboxylic acids is 1. The highest BCUT2D eigenvalue weighted by atomic mass is 16.4. The van der Waals surface area contributed by atoms with Gasteiger partial charge in [-0.25, -0.2) is 0 Å². The van der Waals surface area contributed by atoms with E-state index in [9.17, 15) is 4.79 Å². The number of aromatic nitrogens is 2. The van der Waals surface area contributed by atoms with Crippen molar-refractivity contribution in [1.82, 2.24) is 15.1 Å². The summed E-state index contributed by atoms with van der Waals surface area (Å²) in [7, 11) is 0. The molecule has 0 aliphatic rings. The second-order valence-corrected chi connectivity index (χ2v) is 4.09. The largest absolute Gasteiger partial charge is 0.409 e. The van der Waals surface area contributed by atoms with E-state index in [1.807, 2.05) is 12.3 Å². The molecule has 1 aromatic carbocycles. The Labute approximate surface area is 115 Å². The number of rotatable bonds is 5. The Hall–Kier alpha value is -2.83. The van der Waals surface area contributed by atoms with Gasteiger partial charge in [-0.05, 0) is 18.2 Å². The summed E-state index contributed by atoms with van der Waals surface area (Å²) in [6.45, 7) is 1.06. The number of carbonyl (C=O) groups is 1. The van der Waals surface area contributed by atoms with Crippen LogP contribution in [0.3, 0.4) is 0 Å². The van der Waals surface area contributed by atoms with Crippen LogP contribution < -0.4 is 11.1 Å². The number of nitrogens with zero attached hydrogens (tertiary/aromatic N) is 3. The summed E-state index contributed by atoms with van der Waals surface area (Å²) in [6, 6.07) is 8.39. The van der Waals surface area contributed by atoms with E-state index < -0.39 is 0 Å². The number of hydrogen-bond donors (Lipinski definition) is 3. The zero-order chi connectivity index (χ0) is 14.4. The van der Waals surface area contributed by atoms with Gasteiger partial charge in [-0.2, -0.15) is 5.10 Å². The molecule has 2 rings (SSSR count). The van der Waals surface area contributed by atoms with Crippen molar-refractivity contribution in [2.45, 2.75) is 6.54 Å². The Morgan fingerprint density at radius 2 is 2.20 bits per heavy atom. The number of nitrogens with two attached hydrogens (primary N) is 1. The van der Waals surface area contributed by atoms with Gasteiger partial charge >= 0.3 is 0 Å². The van der Waals surface area contributed by atoms with Gasteiger partial charge in [0.2, 0.25) is 0 Å². The van der Waals surface area contributed by atoms with Gasteiger partial charge in [0.05, 0.1) is 6.54 Å². The molecule has 2 aromatic rings. The maximum atomic E-state index is 12.0. The molecule has 0 aliphatic heterocycles. The molecule has 0 saturated heterocycles. The fraction of sp³-hybridized carbons (Fsp3) is 0.154. The number of nitrogens with one attached hydrogen (secondary N) is 1. The lowest BCUT2D eigenvalue weighted by molar-refractivity contribution is 0.0952. The van der Waals surface area contributed by atoms with Crippen molar-refractivity contribution in [3.8, 4) is 0 Å². The molecule has 1 aromatic heterocycles. The highest BCUT2D eigenvalue weighted by molar-refractivity contribution is 6.01. The fourth-order valence-corrected chi connectivity index (χ4v) is 1.70. The van der Waals surface area contributed by atoms with E-state index in [0.29, 0.717) is 24.2 Å². The molecule has 104 valence electrons. The predicted octanol–water partition coefficient (Wildman–Crippen LogP) is 0.408. The van der Waals surface area contributed by atoms with Gasteiger partial charge < -0.3 is 16.3 Å². The smallest absolute Gasteiger partial charge is 0.251 e.